The van der Waals surface area contributed by atoms with Gasteiger partial charge in [0, 0.05) is 13.1 Å². The summed E-state index contributed by atoms with van der Waals surface area (Å²) in [7, 11) is 0. The monoisotopic (exact) mass is 237 g/mol. The van der Waals surface area contributed by atoms with Crippen LogP contribution in [-0.4, -0.2) is 29.5 Å². The lowest BCUT2D eigenvalue weighted by Gasteiger charge is -2.13. The van der Waals surface area contributed by atoms with E-state index in [9.17, 15) is 5.11 Å². The van der Waals surface area contributed by atoms with Crippen LogP contribution in [0, 0.1) is 6.92 Å². The van der Waals surface area contributed by atoms with Gasteiger partial charge in [0.1, 0.15) is 0 Å². The minimum Gasteiger partial charge on any atom is -0.394 e. The summed E-state index contributed by atoms with van der Waals surface area (Å²) in [6, 6.07) is 6.50. The minimum atomic E-state index is -0.677. The van der Waals surface area contributed by atoms with Crippen LogP contribution in [0.5, 0.6) is 0 Å². The Balaban J connectivity index is 2.60. The van der Waals surface area contributed by atoms with Crippen LogP contribution in [-0.2, 0) is 6.54 Å². The molecule has 96 valence electrons. The van der Waals surface area contributed by atoms with E-state index in [1.54, 1.807) is 0 Å². The van der Waals surface area contributed by atoms with Gasteiger partial charge >= 0.3 is 0 Å². The molecule has 0 fully saturated rings. The molecule has 1 aromatic carbocycles. The van der Waals surface area contributed by atoms with Crippen LogP contribution in [0.1, 0.15) is 36.5 Å². The highest BCUT2D eigenvalue weighted by Gasteiger charge is 2.05. The second-order valence-corrected chi connectivity index (χ2v) is 4.81. The van der Waals surface area contributed by atoms with Crippen molar-refractivity contribution in [2.45, 2.75) is 39.3 Å². The molecule has 0 aromatic heterocycles. The molecule has 3 nitrogen and oxygen atoms in total. The number of aryl methyl sites for hydroxylation is 1. The van der Waals surface area contributed by atoms with Gasteiger partial charge in [0.15, 0.2) is 0 Å². The van der Waals surface area contributed by atoms with Gasteiger partial charge in [-0.25, -0.2) is 0 Å². The van der Waals surface area contributed by atoms with Gasteiger partial charge in [-0.2, -0.15) is 0 Å². The van der Waals surface area contributed by atoms with Gasteiger partial charge in [-0.15, -0.1) is 0 Å². The molecule has 1 aromatic rings. The Kier molecular flexibility index (Phi) is 5.62. The number of nitrogens with one attached hydrogen (secondary N) is 1. The number of hydrogen-bond donors (Lipinski definition) is 3. The van der Waals surface area contributed by atoms with Gasteiger partial charge in [-0.1, -0.05) is 32.0 Å². The Labute approximate surface area is 103 Å². The molecule has 1 rings (SSSR count). The van der Waals surface area contributed by atoms with Crippen molar-refractivity contribution < 1.29 is 10.2 Å². The maximum atomic E-state index is 9.24. The van der Waals surface area contributed by atoms with Crippen LogP contribution in [0.15, 0.2) is 18.2 Å². The molecule has 0 aliphatic heterocycles. The molecular weight excluding hydrogens is 214 g/mol. The van der Waals surface area contributed by atoms with Gasteiger partial charge in [-0.05, 0) is 29.5 Å². The highest BCUT2D eigenvalue weighted by Crippen LogP contribution is 2.18. The average Bonchev–Trinajstić information content (AvgIpc) is 2.30. The standard InChI is InChI=1S/C14H23NO2/c1-10(2)12-5-4-11(3)13(6-12)7-15-8-14(17)9-16/h4-6,10,14-17H,7-9H2,1-3H3. The first-order valence-electron chi connectivity index (χ1n) is 6.13. The van der Waals surface area contributed by atoms with Crippen LogP contribution in [0.2, 0.25) is 0 Å². The van der Waals surface area contributed by atoms with Crippen molar-refractivity contribution in [2.75, 3.05) is 13.2 Å². The maximum absolute atomic E-state index is 9.24. The van der Waals surface area contributed by atoms with Crippen molar-refractivity contribution in [3.8, 4) is 0 Å². The van der Waals surface area contributed by atoms with Gasteiger partial charge in [0.05, 0.1) is 12.7 Å². The fourth-order valence-corrected chi connectivity index (χ4v) is 1.68. The highest BCUT2D eigenvalue weighted by molar-refractivity contribution is 5.32. The largest absolute Gasteiger partial charge is 0.394 e. The predicted octanol–water partition coefficient (Wildman–Crippen LogP) is 1.56. The Bertz CT molecular complexity index is 350. The summed E-state index contributed by atoms with van der Waals surface area (Å²) in [4.78, 5) is 0. The fourth-order valence-electron chi connectivity index (χ4n) is 1.68. The van der Waals surface area contributed by atoms with Crippen molar-refractivity contribution >= 4 is 0 Å². The van der Waals surface area contributed by atoms with Crippen molar-refractivity contribution in [1.82, 2.24) is 5.32 Å². The molecule has 0 spiro atoms. The van der Waals surface area contributed by atoms with Gasteiger partial charge < -0.3 is 15.5 Å². The molecule has 3 heteroatoms. The van der Waals surface area contributed by atoms with E-state index >= 15 is 0 Å². The SMILES string of the molecule is Cc1ccc(C(C)C)cc1CNCC(O)CO. The molecule has 0 saturated heterocycles. The van der Waals surface area contributed by atoms with E-state index < -0.39 is 6.10 Å². The van der Waals surface area contributed by atoms with Gasteiger partial charge in [0.2, 0.25) is 0 Å². The van der Waals surface area contributed by atoms with Crippen LogP contribution in [0.4, 0.5) is 0 Å². The summed E-state index contributed by atoms with van der Waals surface area (Å²) in [5.74, 6) is 0.525. The normalized spacial score (nSPS) is 13.1. The van der Waals surface area contributed by atoms with Crippen molar-refractivity contribution in [2.24, 2.45) is 0 Å². The topological polar surface area (TPSA) is 52.5 Å². The number of hydrogen-bond acceptors (Lipinski definition) is 3. The number of aliphatic hydroxyl groups is 2. The summed E-state index contributed by atoms with van der Waals surface area (Å²) < 4.78 is 0. The summed E-state index contributed by atoms with van der Waals surface area (Å²) in [5.41, 5.74) is 3.83. The number of benzene rings is 1. The zero-order valence-electron chi connectivity index (χ0n) is 10.9. The molecule has 3 N–H and O–H groups in total. The van der Waals surface area contributed by atoms with Crippen LogP contribution in [0.25, 0.3) is 0 Å². The first kappa shape index (κ1) is 14.2. The molecule has 1 atom stereocenters. The van der Waals surface area contributed by atoms with E-state index in [4.69, 9.17) is 5.11 Å². The molecule has 0 aliphatic carbocycles. The third-order valence-corrected chi connectivity index (χ3v) is 2.95. The van der Waals surface area contributed by atoms with Crippen LogP contribution in [0.3, 0.4) is 0 Å². The lowest BCUT2D eigenvalue weighted by molar-refractivity contribution is 0.0942. The lowest BCUT2D eigenvalue weighted by atomic mass is 9.98. The fraction of sp³-hybridized carbons (Fsp3) is 0.571. The molecule has 0 aliphatic rings. The molecular formula is C14H23NO2. The first-order chi connectivity index (χ1) is 8.04. The summed E-state index contributed by atoms with van der Waals surface area (Å²) in [6.45, 7) is 7.39. The summed E-state index contributed by atoms with van der Waals surface area (Å²) in [6.07, 6.45) is -0.677. The van der Waals surface area contributed by atoms with Crippen LogP contribution >= 0.6 is 0 Å². The smallest absolute Gasteiger partial charge is 0.0895 e. The summed E-state index contributed by atoms with van der Waals surface area (Å²) in [5, 5.41) is 21.1. The average molecular weight is 237 g/mol. The Morgan fingerprint density at radius 2 is 2.00 bits per heavy atom. The Morgan fingerprint density at radius 1 is 1.29 bits per heavy atom. The molecule has 0 bridgehead atoms. The Hall–Kier alpha value is -0.900. The zero-order chi connectivity index (χ0) is 12.8. The van der Waals surface area contributed by atoms with E-state index in [1.807, 2.05) is 0 Å². The zero-order valence-corrected chi connectivity index (χ0v) is 10.9. The van der Waals surface area contributed by atoms with E-state index in [0.717, 1.165) is 6.54 Å². The van der Waals surface area contributed by atoms with Crippen molar-refractivity contribution in [3.63, 3.8) is 0 Å². The summed E-state index contributed by atoms with van der Waals surface area (Å²) >= 11 is 0. The van der Waals surface area contributed by atoms with E-state index in [-0.39, 0.29) is 6.61 Å². The van der Waals surface area contributed by atoms with Gasteiger partial charge in [0.25, 0.3) is 0 Å². The maximum Gasteiger partial charge on any atom is 0.0895 e. The lowest BCUT2D eigenvalue weighted by Crippen LogP contribution is -2.29. The van der Waals surface area contributed by atoms with Crippen molar-refractivity contribution in [1.29, 1.82) is 0 Å². The predicted molar refractivity (Wildman–Crippen MR) is 70.1 cm³/mol. The second kappa shape index (κ2) is 6.74. The van der Waals surface area contributed by atoms with Crippen molar-refractivity contribution in [3.05, 3.63) is 34.9 Å². The first-order valence-corrected chi connectivity index (χ1v) is 6.13. The third kappa shape index (κ3) is 4.46. The van der Waals surface area contributed by atoms with Crippen LogP contribution < -0.4 is 5.32 Å². The van der Waals surface area contributed by atoms with E-state index in [0.29, 0.717) is 12.5 Å². The Morgan fingerprint density at radius 3 is 2.59 bits per heavy atom. The molecule has 0 heterocycles. The molecule has 17 heavy (non-hydrogen) atoms. The van der Waals surface area contributed by atoms with E-state index in [2.05, 4.69) is 44.3 Å². The number of aliphatic hydroxyl groups excluding tert-OH is 2. The second-order valence-electron chi connectivity index (χ2n) is 4.81. The highest BCUT2D eigenvalue weighted by atomic mass is 16.3. The minimum absolute atomic E-state index is 0.196. The van der Waals surface area contributed by atoms with Gasteiger partial charge in [-0.3, -0.25) is 0 Å². The quantitative estimate of drug-likeness (QED) is 0.704. The molecule has 0 amide bonds. The number of rotatable bonds is 6. The van der Waals surface area contributed by atoms with E-state index in [1.165, 1.54) is 16.7 Å². The molecule has 0 saturated carbocycles. The molecule has 1 unspecified atom stereocenters. The third-order valence-electron chi connectivity index (χ3n) is 2.95. The molecule has 0 radical (unpaired) electrons.